The second-order valence-corrected chi connectivity index (χ2v) is 7.26. The summed E-state index contributed by atoms with van der Waals surface area (Å²) >= 11 is 3.40. The molecule has 0 aliphatic carbocycles. The van der Waals surface area contributed by atoms with Gasteiger partial charge in [-0.25, -0.2) is 5.43 Å². The Bertz CT molecular complexity index is 1050. The Hall–Kier alpha value is -3.52. The van der Waals surface area contributed by atoms with E-state index in [-0.39, 0.29) is 12.1 Å². The summed E-state index contributed by atoms with van der Waals surface area (Å²) in [6, 6.07) is 21.3. The smallest absolute Gasteiger partial charge is 0.273 e. The molecule has 8 heteroatoms. The Labute approximate surface area is 181 Å². The van der Waals surface area contributed by atoms with Gasteiger partial charge in [0, 0.05) is 16.1 Å². The normalized spacial score (nSPS) is 10.7. The van der Waals surface area contributed by atoms with E-state index in [1.54, 1.807) is 18.2 Å². The molecule has 0 radical (unpaired) electrons. The number of rotatable bonds is 8. The molecular formula is C22H18BrN3O4. The maximum atomic E-state index is 12.0. The number of nitrogens with zero attached hydrogens (tertiary/aromatic N) is 2. The molecule has 0 bridgehead atoms. The number of para-hydroxylation sites is 1. The third-order valence-electron chi connectivity index (χ3n) is 4.14. The zero-order valence-corrected chi connectivity index (χ0v) is 17.4. The molecule has 0 heterocycles. The summed E-state index contributed by atoms with van der Waals surface area (Å²) in [5.41, 5.74) is 4.47. The number of hydrogen-bond acceptors (Lipinski definition) is 5. The van der Waals surface area contributed by atoms with Crippen LogP contribution in [0.5, 0.6) is 5.75 Å². The molecule has 0 aromatic heterocycles. The number of carbonyl (C=O) groups excluding carboxylic acids is 1. The van der Waals surface area contributed by atoms with Crippen LogP contribution < -0.4 is 10.2 Å². The third kappa shape index (κ3) is 6.25. The lowest BCUT2D eigenvalue weighted by Gasteiger charge is -2.06. The lowest BCUT2D eigenvalue weighted by atomic mass is 10.1. The number of amides is 1. The van der Waals surface area contributed by atoms with Gasteiger partial charge >= 0.3 is 0 Å². The zero-order chi connectivity index (χ0) is 21.3. The molecule has 0 spiro atoms. The van der Waals surface area contributed by atoms with Crippen molar-refractivity contribution in [1.29, 1.82) is 0 Å². The Kier molecular flexibility index (Phi) is 7.29. The number of nitrogens with one attached hydrogen (secondary N) is 1. The van der Waals surface area contributed by atoms with E-state index in [2.05, 4.69) is 26.5 Å². The molecule has 0 saturated carbocycles. The maximum Gasteiger partial charge on any atom is 0.273 e. The summed E-state index contributed by atoms with van der Waals surface area (Å²) in [4.78, 5) is 22.5. The van der Waals surface area contributed by atoms with Crippen LogP contribution >= 0.6 is 15.9 Å². The lowest BCUT2D eigenvalue weighted by molar-refractivity contribution is -0.385. The Morgan fingerprint density at radius 3 is 2.47 bits per heavy atom. The van der Waals surface area contributed by atoms with Crippen LogP contribution in [0.3, 0.4) is 0 Å². The molecule has 3 aromatic carbocycles. The van der Waals surface area contributed by atoms with Crippen molar-refractivity contribution < 1.29 is 14.5 Å². The second-order valence-electron chi connectivity index (χ2n) is 6.34. The fraction of sp³-hybridized carbons (Fsp3) is 0.0909. The van der Waals surface area contributed by atoms with Gasteiger partial charge in [-0.2, -0.15) is 5.10 Å². The van der Waals surface area contributed by atoms with E-state index in [0.717, 1.165) is 21.3 Å². The molecule has 3 aromatic rings. The standard InChI is InChI=1S/C22H18BrN3O4/c23-19-9-5-17(6-10-19)15-30-20-11-7-16(8-12-20)14-24-25-22(27)13-18-3-1-2-4-21(18)26(28)29/h1-12,14H,13,15H2,(H,25,27)/b24-14+. The first kappa shape index (κ1) is 21.2. The van der Waals surface area contributed by atoms with Crippen LogP contribution in [-0.2, 0) is 17.8 Å². The highest BCUT2D eigenvalue weighted by molar-refractivity contribution is 9.10. The highest BCUT2D eigenvalue weighted by atomic mass is 79.9. The van der Waals surface area contributed by atoms with Gasteiger partial charge in [0.25, 0.3) is 5.69 Å². The van der Waals surface area contributed by atoms with E-state index in [9.17, 15) is 14.9 Å². The number of benzene rings is 3. The van der Waals surface area contributed by atoms with Gasteiger partial charge in [0.15, 0.2) is 0 Å². The molecule has 0 saturated heterocycles. The number of hydrogen-bond donors (Lipinski definition) is 1. The first-order chi connectivity index (χ1) is 14.5. The first-order valence-electron chi connectivity index (χ1n) is 9.03. The minimum absolute atomic E-state index is 0.0876. The van der Waals surface area contributed by atoms with Crippen molar-refractivity contribution in [3.8, 4) is 5.75 Å². The summed E-state index contributed by atoms with van der Waals surface area (Å²) < 4.78 is 6.76. The monoisotopic (exact) mass is 467 g/mol. The minimum atomic E-state index is -0.508. The summed E-state index contributed by atoms with van der Waals surface area (Å²) in [7, 11) is 0. The summed E-state index contributed by atoms with van der Waals surface area (Å²) in [6.45, 7) is 0.461. The van der Waals surface area contributed by atoms with Crippen LogP contribution in [0.15, 0.2) is 82.4 Å². The fourth-order valence-corrected chi connectivity index (χ4v) is 2.89. The number of hydrazone groups is 1. The number of ether oxygens (including phenoxy) is 1. The van der Waals surface area contributed by atoms with E-state index in [4.69, 9.17) is 4.74 Å². The molecule has 0 fully saturated rings. The van der Waals surface area contributed by atoms with E-state index in [0.29, 0.717) is 12.2 Å². The van der Waals surface area contributed by atoms with Gasteiger partial charge < -0.3 is 4.74 Å². The van der Waals surface area contributed by atoms with Gasteiger partial charge in [-0.05, 0) is 47.5 Å². The van der Waals surface area contributed by atoms with Crippen molar-refractivity contribution in [2.45, 2.75) is 13.0 Å². The van der Waals surface area contributed by atoms with Crippen LogP contribution in [0.4, 0.5) is 5.69 Å². The average Bonchev–Trinajstić information content (AvgIpc) is 2.74. The van der Waals surface area contributed by atoms with Gasteiger partial charge in [-0.15, -0.1) is 0 Å². The summed E-state index contributed by atoms with van der Waals surface area (Å²) in [6.07, 6.45) is 1.37. The van der Waals surface area contributed by atoms with Gasteiger partial charge in [-0.1, -0.05) is 46.3 Å². The quantitative estimate of drug-likeness (QED) is 0.296. The number of nitro benzene ring substituents is 1. The highest BCUT2D eigenvalue weighted by Crippen LogP contribution is 2.18. The molecular weight excluding hydrogens is 450 g/mol. The van der Waals surface area contributed by atoms with Crippen molar-refractivity contribution in [3.05, 3.63) is 104 Å². The molecule has 1 N–H and O–H groups in total. The van der Waals surface area contributed by atoms with Crippen molar-refractivity contribution in [2.24, 2.45) is 5.10 Å². The van der Waals surface area contributed by atoms with E-state index >= 15 is 0 Å². The SMILES string of the molecule is O=C(Cc1ccccc1[N+](=O)[O-])N/N=C/c1ccc(OCc2ccc(Br)cc2)cc1. The number of nitro groups is 1. The summed E-state index contributed by atoms with van der Waals surface area (Å²) in [5, 5.41) is 14.9. The Balaban J connectivity index is 1.49. The van der Waals surface area contributed by atoms with Crippen LogP contribution in [0.1, 0.15) is 16.7 Å². The van der Waals surface area contributed by atoms with E-state index < -0.39 is 10.8 Å². The predicted molar refractivity (Wildman–Crippen MR) is 117 cm³/mol. The van der Waals surface area contributed by atoms with Crippen LogP contribution in [0, 0.1) is 10.1 Å². The van der Waals surface area contributed by atoms with Crippen molar-refractivity contribution in [2.75, 3.05) is 0 Å². The highest BCUT2D eigenvalue weighted by Gasteiger charge is 2.14. The largest absolute Gasteiger partial charge is 0.489 e. The Morgan fingerprint density at radius 2 is 1.77 bits per heavy atom. The van der Waals surface area contributed by atoms with Crippen LogP contribution in [0.2, 0.25) is 0 Å². The predicted octanol–water partition coefficient (Wildman–Crippen LogP) is 4.63. The first-order valence-corrected chi connectivity index (χ1v) is 9.82. The van der Waals surface area contributed by atoms with Crippen LogP contribution in [-0.4, -0.2) is 17.0 Å². The van der Waals surface area contributed by atoms with Crippen LogP contribution in [0.25, 0.3) is 0 Å². The summed E-state index contributed by atoms with van der Waals surface area (Å²) in [5.74, 6) is 0.283. The fourth-order valence-electron chi connectivity index (χ4n) is 2.63. The van der Waals surface area contributed by atoms with Crippen molar-refractivity contribution >= 4 is 33.7 Å². The molecule has 30 heavy (non-hydrogen) atoms. The van der Waals surface area contributed by atoms with Crippen molar-refractivity contribution in [3.63, 3.8) is 0 Å². The van der Waals surface area contributed by atoms with Gasteiger partial charge in [0.1, 0.15) is 12.4 Å². The molecule has 0 aliphatic rings. The molecule has 152 valence electrons. The maximum absolute atomic E-state index is 12.0. The number of carbonyl (C=O) groups is 1. The minimum Gasteiger partial charge on any atom is -0.489 e. The third-order valence-corrected chi connectivity index (χ3v) is 4.67. The number of halogens is 1. The van der Waals surface area contributed by atoms with E-state index in [1.165, 1.54) is 12.3 Å². The molecule has 0 atom stereocenters. The Morgan fingerprint density at radius 1 is 1.07 bits per heavy atom. The molecule has 3 rings (SSSR count). The molecule has 7 nitrogen and oxygen atoms in total. The molecule has 0 unspecified atom stereocenters. The lowest BCUT2D eigenvalue weighted by Crippen LogP contribution is -2.20. The topological polar surface area (TPSA) is 93.8 Å². The van der Waals surface area contributed by atoms with Gasteiger partial charge in [-0.3, -0.25) is 14.9 Å². The zero-order valence-electron chi connectivity index (χ0n) is 15.8. The second kappa shape index (κ2) is 10.3. The molecule has 1 amide bonds. The van der Waals surface area contributed by atoms with Gasteiger partial charge in [0.2, 0.25) is 5.91 Å². The van der Waals surface area contributed by atoms with E-state index in [1.807, 2.05) is 48.5 Å². The average molecular weight is 468 g/mol. The van der Waals surface area contributed by atoms with Gasteiger partial charge in [0.05, 0.1) is 17.6 Å². The molecule has 0 aliphatic heterocycles. The van der Waals surface area contributed by atoms with Crippen molar-refractivity contribution in [1.82, 2.24) is 5.43 Å².